The van der Waals surface area contributed by atoms with Gasteiger partial charge in [0.2, 0.25) is 11.8 Å². The highest BCUT2D eigenvalue weighted by Crippen LogP contribution is 2.34. The van der Waals surface area contributed by atoms with E-state index in [2.05, 4.69) is 64.0 Å². The van der Waals surface area contributed by atoms with Crippen LogP contribution in [0.1, 0.15) is 52.0 Å². The largest absolute Gasteiger partial charge is 0.457 e. The summed E-state index contributed by atoms with van der Waals surface area (Å²) in [5.74, 6) is 0.713. The van der Waals surface area contributed by atoms with Crippen LogP contribution >= 0.6 is 0 Å². The van der Waals surface area contributed by atoms with Crippen molar-refractivity contribution in [2.75, 3.05) is 48.3 Å². The van der Waals surface area contributed by atoms with Crippen LogP contribution in [-0.4, -0.2) is 103 Å². The number of hydrogen-bond donors (Lipinski definition) is 3. The van der Waals surface area contributed by atoms with Crippen LogP contribution in [0.15, 0.2) is 85.6 Å². The van der Waals surface area contributed by atoms with Crippen molar-refractivity contribution in [1.82, 2.24) is 39.7 Å². The Labute approximate surface area is 338 Å². The topological polar surface area (TPSA) is 179 Å². The average Bonchev–Trinajstić information content (AvgIpc) is 3.78. The Hall–Kier alpha value is -6.94. The third-order valence-corrected chi connectivity index (χ3v) is 11.8. The number of rotatable bonds is 10. The van der Waals surface area contributed by atoms with Crippen molar-refractivity contribution in [2.24, 2.45) is 5.92 Å². The minimum Gasteiger partial charge on any atom is -0.457 e. The van der Waals surface area contributed by atoms with Crippen LogP contribution in [-0.2, 0) is 9.59 Å². The molecule has 3 aromatic carbocycles. The van der Waals surface area contributed by atoms with Crippen molar-refractivity contribution in [2.45, 2.75) is 44.7 Å². The number of hydrogen-bond acceptors (Lipinski definition) is 13. The first-order valence-corrected chi connectivity index (χ1v) is 19.9. The number of nitrogens with one attached hydrogen (secondary N) is 3. The van der Waals surface area contributed by atoms with Gasteiger partial charge in [-0.05, 0) is 92.4 Å². The Balaban J connectivity index is 0.702. The summed E-state index contributed by atoms with van der Waals surface area (Å²) in [6.07, 6.45) is 7.22. The van der Waals surface area contributed by atoms with Gasteiger partial charge in [0.1, 0.15) is 36.0 Å². The van der Waals surface area contributed by atoms with Gasteiger partial charge < -0.3 is 25.2 Å². The summed E-state index contributed by atoms with van der Waals surface area (Å²) >= 11 is 0. The van der Waals surface area contributed by atoms with Crippen LogP contribution in [0.3, 0.4) is 0 Å². The van der Waals surface area contributed by atoms with Crippen LogP contribution in [0.5, 0.6) is 11.5 Å². The van der Waals surface area contributed by atoms with Gasteiger partial charge in [0.25, 0.3) is 11.8 Å². The van der Waals surface area contributed by atoms with Crippen molar-refractivity contribution in [3.05, 3.63) is 102 Å². The van der Waals surface area contributed by atoms with Gasteiger partial charge in [-0.15, -0.1) is 0 Å². The second-order valence-corrected chi connectivity index (χ2v) is 15.8. The number of carbonyl (C=O) groups excluding carboxylic acids is 4. The summed E-state index contributed by atoms with van der Waals surface area (Å²) in [7, 11) is 0. The molecular weight excluding hydrogens is 751 g/mol. The fraction of sp³-hybridized carbons (Fsp3) is 0.302. The summed E-state index contributed by atoms with van der Waals surface area (Å²) in [6.45, 7) is 6.76. The van der Waals surface area contributed by atoms with E-state index in [1.807, 2.05) is 49.5 Å². The Bertz CT molecular complexity index is 2670. The molecule has 59 heavy (non-hydrogen) atoms. The van der Waals surface area contributed by atoms with E-state index in [0.717, 1.165) is 95.6 Å². The molecule has 0 radical (unpaired) electrons. The van der Waals surface area contributed by atoms with Gasteiger partial charge in [-0.25, -0.2) is 19.5 Å². The minimum atomic E-state index is -0.966. The molecule has 4 aliphatic heterocycles. The van der Waals surface area contributed by atoms with Gasteiger partial charge in [0.15, 0.2) is 5.65 Å². The molecule has 298 valence electrons. The third kappa shape index (κ3) is 7.05. The van der Waals surface area contributed by atoms with Gasteiger partial charge in [0.05, 0.1) is 16.6 Å². The predicted molar refractivity (Wildman–Crippen MR) is 219 cm³/mol. The first-order chi connectivity index (χ1) is 28.7. The van der Waals surface area contributed by atoms with E-state index in [1.54, 1.807) is 23.0 Å². The van der Waals surface area contributed by atoms with E-state index in [4.69, 9.17) is 4.74 Å². The molecule has 10 rings (SSSR count). The summed E-state index contributed by atoms with van der Waals surface area (Å²) in [5.41, 5.74) is 5.98. The maximum absolute atomic E-state index is 13.3. The van der Waals surface area contributed by atoms with Gasteiger partial charge in [0, 0.05) is 85.8 Å². The maximum atomic E-state index is 13.3. The van der Waals surface area contributed by atoms with Gasteiger partial charge in [-0.1, -0.05) is 0 Å². The van der Waals surface area contributed by atoms with Crippen molar-refractivity contribution in [3.8, 4) is 11.5 Å². The van der Waals surface area contributed by atoms with E-state index < -0.39 is 23.8 Å². The molecule has 1 unspecified atom stereocenters. The molecule has 3 N–H and O–H groups in total. The van der Waals surface area contributed by atoms with Crippen molar-refractivity contribution < 1.29 is 23.9 Å². The second kappa shape index (κ2) is 14.8. The number of pyridine rings is 1. The molecule has 16 nitrogen and oxygen atoms in total. The number of likely N-dealkylation sites (tertiary alicyclic amines) is 1. The summed E-state index contributed by atoms with van der Waals surface area (Å²) in [5, 5.41) is 14.5. The molecule has 0 bridgehead atoms. The maximum Gasteiger partial charge on any atom is 0.262 e. The number of aromatic nitrogens is 5. The first-order valence-electron chi connectivity index (χ1n) is 19.9. The zero-order valence-corrected chi connectivity index (χ0v) is 32.3. The van der Waals surface area contributed by atoms with Crippen LogP contribution in [0.2, 0.25) is 0 Å². The number of piperidine rings is 2. The average molecular weight is 792 g/mol. The lowest BCUT2D eigenvalue weighted by Crippen LogP contribution is -2.54. The monoisotopic (exact) mass is 791 g/mol. The molecule has 4 amide bonds. The highest BCUT2D eigenvalue weighted by Gasteiger charge is 2.45. The number of anilines is 4. The van der Waals surface area contributed by atoms with E-state index in [9.17, 15) is 19.2 Å². The SMILES string of the molecule is Cc1cc(Nc2ncnc3cc(NC4CCN(CC5CN(c6ccc7c(c6)C(=O)N(C6CCC(=O)NC6=O)C7=O)C5)CC4)ccc23)ccc1Oc1ccn2ncnc2c1. The summed E-state index contributed by atoms with van der Waals surface area (Å²) < 4.78 is 7.84. The highest BCUT2D eigenvalue weighted by atomic mass is 16.5. The molecule has 3 fully saturated rings. The molecule has 4 aliphatic rings. The lowest BCUT2D eigenvalue weighted by Gasteiger charge is -2.44. The molecule has 7 heterocycles. The van der Waals surface area contributed by atoms with Gasteiger partial charge in [-0.2, -0.15) is 5.10 Å². The second-order valence-electron chi connectivity index (χ2n) is 15.8. The Morgan fingerprint density at radius 3 is 2.49 bits per heavy atom. The molecule has 1 atom stereocenters. The molecule has 16 heteroatoms. The lowest BCUT2D eigenvalue weighted by atomic mass is 9.95. The molecule has 0 spiro atoms. The lowest BCUT2D eigenvalue weighted by molar-refractivity contribution is -0.136. The summed E-state index contributed by atoms with van der Waals surface area (Å²) in [6, 6.07) is 20.6. The van der Waals surface area contributed by atoms with Gasteiger partial charge >= 0.3 is 0 Å². The standard InChI is InChI=1S/C43H41N11O5/c1-25-16-28(3-8-37(25)59-31-12-15-53-38(19-31)45-24-47-53)49-40-33-5-2-29(17-35(33)44-23-46-40)48-27-10-13-51(14-11-27)20-26-21-52(22-26)30-4-6-32-34(18-30)43(58)54(42(32)57)36-7-9-39(55)50-41(36)56/h2-6,8,12,15-19,23-24,26-27,36,48H,7,9-11,13-14,20-22H2,1H3,(H,44,46,49)(H,50,55,56). The molecule has 0 saturated carbocycles. The van der Waals surface area contributed by atoms with E-state index in [0.29, 0.717) is 34.5 Å². The van der Waals surface area contributed by atoms with E-state index in [1.165, 1.54) is 6.33 Å². The number of carbonyl (C=O) groups is 4. The first kappa shape index (κ1) is 36.4. The zero-order chi connectivity index (χ0) is 40.2. The van der Waals surface area contributed by atoms with Gasteiger partial charge in [-0.3, -0.25) is 29.4 Å². The fourth-order valence-corrected chi connectivity index (χ4v) is 8.62. The number of amides is 4. The quantitative estimate of drug-likeness (QED) is 0.159. The number of aryl methyl sites for hydroxylation is 1. The fourth-order valence-electron chi connectivity index (χ4n) is 8.62. The zero-order valence-electron chi connectivity index (χ0n) is 32.3. The van der Waals surface area contributed by atoms with E-state index >= 15 is 0 Å². The predicted octanol–water partition coefficient (Wildman–Crippen LogP) is 4.93. The van der Waals surface area contributed by atoms with Crippen molar-refractivity contribution >= 4 is 63.1 Å². The number of fused-ring (bicyclic) bond motifs is 3. The number of imide groups is 2. The normalized spacial score (nSPS) is 19.0. The highest BCUT2D eigenvalue weighted by molar-refractivity contribution is 6.23. The molecule has 0 aliphatic carbocycles. The van der Waals surface area contributed by atoms with Crippen LogP contribution in [0.25, 0.3) is 16.6 Å². The van der Waals surface area contributed by atoms with Crippen LogP contribution < -0.4 is 25.6 Å². The molecular formula is C43H41N11O5. The van der Waals surface area contributed by atoms with Crippen molar-refractivity contribution in [1.29, 1.82) is 0 Å². The molecule has 3 aromatic heterocycles. The third-order valence-electron chi connectivity index (χ3n) is 11.8. The van der Waals surface area contributed by atoms with E-state index in [-0.39, 0.29) is 18.7 Å². The Kier molecular flexibility index (Phi) is 9.12. The smallest absolute Gasteiger partial charge is 0.262 e. The number of benzene rings is 3. The van der Waals surface area contributed by atoms with Crippen LogP contribution in [0, 0.1) is 12.8 Å². The Morgan fingerprint density at radius 1 is 0.831 bits per heavy atom. The Morgan fingerprint density at radius 2 is 1.66 bits per heavy atom. The molecule has 6 aromatic rings. The minimum absolute atomic E-state index is 0.0965. The van der Waals surface area contributed by atoms with Crippen LogP contribution in [0.4, 0.5) is 22.9 Å². The summed E-state index contributed by atoms with van der Waals surface area (Å²) in [4.78, 5) is 69.6. The number of nitrogens with zero attached hydrogens (tertiary/aromatic N) is 8. The van der Waals surface area contributed by atoms with Crippen molar-refractivity contribution in [3.63, 3.8) is 0 Å². The number of ether oxygens (including phenoxy) is 1. The molecule has 3 saturated heterocycles.